The van der Waals surface area contributed by atoms with E-state index in [-0.39, 0.29) is 11.4 Å². The maximum atomic E-state index is 13.3. The number of nitrogens with one attached hydrogen (secondary N) is 1. The van der Waals surface area contributed by atoms with Gasteiger partial charge in [-0.15, -0.1) is 0 Å². The first-order valence-corrected chi connectivity index (χ1v) is 6.19. The number of ether oxygens (including phenoxy) is 1. The molecule has 1 aromatic carbocycles. The summed E-state index contributed by atoms with van der Waals surface area (Å²) < 4.78 is 44.4. The number of hydrogen-bond acceptors (Lipinski definition) is 3. The van der Waals surface area contributed by atoms with Crippen LogP contribution in [-0.2, 0) is 9.53 Å². The molecule has 114 valence electrons. The molecule has 1 aliphatic heterocycles. The first kappa shape index (κ1) is 15.1. The lowest BCUT2D eigenvalue weighted by molar-refractivity contribution is -0.120. The highest BCUT2D eigenvalue weighted by Crippen LogP contribution is 2.35. The van der Waals surface area contributed by atoms with E-state index in [1.54, 1.807) is 0 Å². The quantitative estimate of drug-likeness (QED) is 0.914. The molecule has 21 heavy (non-hydrogen) atoms. The third-order valence-electron chi connectivity index (χ3n) is 2.80. The zero-order chi connectivity index (χ0) is 15.7. The molecule has 0 aliphatic carbocycles. The summed E-state index contributed by atoms with van der Waals surface area (Å²) >= 11 is 0. The summed E-state index contributed by atoms with van der Waals surface area (Å²) in [5, 5.41) is 2.22. The van der Waals surface area contributed by atoms with Crippen LogP contribution in [0.25, 0.3) is 0 Å². The van der Waals surface area contributed by atoms with Gasteiger partial charge in [0.25, 0.3) is 12.3 Å². The van der Waals surface area contributed by atoms with Gasteiger partial charge in [0.2, 0.25) is 0 Å². The van der Waals surface area contributed by atoms with Crippen LogP contribution >= 0.6 is 0 Å². The maximum Gasteiger partial charge on any atom is 0.415 e. The second-order valence-corrected chi connectivity index (χ2v) is 4.73. The van der Waals surface area contributed by atoms with Crippen molar-refractivity contribution in [3.8, 4) is 0 Å². The smallest absolute Gasteiger partial charge is 0.415 e. The standard InChI is InChI=1S/C13H13F3N2O3/c1-6(2)21-13(20)18-9-5-7(14)3-4-8(9)17-12(19)10(18)11(15)16/h3-6,10-11H,1-2H3,(H,17,19). The van der Waals surface area contributed by atoms with Gasteiger partial charge in [0, 0.05) is 0 Å². The van der Waals surface area contributed by atoms with Crippen molar-refractivity contribution in [1.29, 1.82) is 0 Å². The van der Waals surface area contributed by atoms with Crippen molar-refractivity contribution < 1.29 is 27.5 Å². The molecule has 0 radical (unpaired) electrons. The van der Waals surface area contributed by atoms with Crippen molar-refractivity contribution in [3.63, 3.8) is 0 Å². The van der Waals surface area contributed by atoms with Gasteiger partial charge in [-0.2, -0.15) is 0 Å². The number of halogens is 3. The largest absolute Gasteiger partial charge is 0.446 e. The molecular formula is C13H13F3N2O3. The number of anilines is 2. The molecule has 1 unspecified atom stereocenters. The molecule has 1 N–H and O–H groups in total. The fourth-order valence-corrected chi connectivity index (χ4v) is 1.98. The summed E-state index contributed by atoms with van der Waals surface area (Å²) in [5.74, 6) is -1.77. The van der Waals surface area contributed by atoms with Crippen LogP contribution in [-0.4, -0.2) is 30.6 Å². The van der Waals surface area contributed by atoms with Gasteiger partial charge in [-0.25, -0.2) is 18.0 Å². The zero-order valence-corrected chi connectivity index (χ0v) is 11.3. The lowest BCUT2D eigenvalue weighted by Crippen LogP contribution is -2.55. The fourth-order valence-electron chi connectivity index (χ4n) is 1.98. The lowest BCUT2D eigenvalue weighted by atomic mass is 10.1. The van der Waals surface area contributed by atoms with Gasteiger partial charge in [0.1, 0.15) is 5.82 Å². The van der Waals surface area contributed by atoms with Gasteiger partial charge < -0.3 is 10.1 Å². The third kappa shape index (κ3) is 2.93. The zero-order valence-electron chi connectivity index (χ0n) is 11.3. The van der Waals surface area contributed by atoms with E-state index in [0.717, 1.165) is 12.1 Å². The molecule has 0 spiro atoms. The van der Waals surface area contributed by atoms with E-state index in [1.807, 2.05) is 0 Å². The number of amides is 2. The number of benzene rings is 1. The van der Waals surface area contributed by atoms with E-state index in [1.165, 1.54) is 19.9 Å². The van der Waals surface area contributed by atoms with E-state index >= 15 is 0 Å². The number of rotatable bonds is 2. The monoisotopic (exact) mass is 302 g/mol. The Bertz CT molecular complexity index is 578. The van der Waals surface area contributed by atoms with Crippen molar-refractivity contribution >= 4 is 23.4 Å². The summed E-state index contributed by atoms with van der Waals surface area (Å²) in [5.41, 5.74) is -0.0930. The van der Waals surface area contributed by atoms with Crippen molar-refractivity contribution in [2.24, 2.45) is 0 Å². The number of fused-ring (bicyclic) bond motifs is 1. The molecule has 2 amide bonds. The van der Waals surface area contributed by atoms with Crippen molar-refractivity contribution in [1.82, 2.24) is 0 Å². The van der Waals surface area contributed by atoms with E-state index in [0.29, 0.717) is 4.90 Å². The van der Waals surface area contributed by atoms with Crippen molar-refractivity contribution in [3.05, 3.63) is 24.0 Å². The Morgan fingerprint density at radius 2 is 2.05 bits per heavy atom. The normalized spacial score (nSPS) is 17.8. The highest BCUT2D eigenvalue weighted by molar-refractivity contribution is 6.10. The Hall–Kier alpha value is -2.25. The topological polar surface area (TPSA) is 58.6 Å². The van der Waals surface area contributed by atoms with Gasteiger partial charge in [-0.3, -0.25) is 9.69 Å². The Balaban J connectivity index is 2.51. The van der Waals surface area contributed by atoms with Crippen LogP contribution < -0.4 is 10.2 Å². The van der Waals surface area contributed by atoms with Gasteiger partial charge in [-0.1, -0.05) is 0 Å². The van der Waals surface area contributed by atoms with Crippen LogP contribution in [0.3, 0.4) is 0 Å². The van der Waals surface area contributed by atoms with Crippen molar-refractivity contribution in [2.45, 2.75) is 32.4 Å². The predicted octanol–water partition coefficient (Wildman–Crippen LogP) is 2.76. The number of carbonyl (C=O) groups is 2. The molecule has 5 nitrogen and oxygen atoms in total. The Morgan fingerprint density at radius 3 is 2.62 bits per heavy atom. The first-order chi connectivity index (χ1) is 9.81. The van der Waals surface area contributed by atoms with E-state index in [9.17, 15) is 22.8 Å². The molecular weight excluding hydrogens is 289 g/mol. The highest BCUT2D eigenvalue weighted by atomic mass is 19.3. The average molecular weight is 302 g/mol. The molecule has 0 bridgehead atoms. The molecule has 0 aromatic heterocycles. The minimum absolute atomic E-state index is 0.0685. The molecule has 1 aliphatic rings. The first-order valence-electron chi connectivity index (χ1n) is 6.19. The van der Waals surface area contributed by atoms with Crippen LogP contribution in [0.4, 0.5) is 29.3 Å². The molecule has 1 atom stereocenters. The number of carbonyl (C=O) groups excluding carboxylic acids is 2. The Kier molecular flexibility index (Phi) is 4.06. The van der Waals surface area contributed by atoms with E-state index in [2.05, 4.69) is 5.32 Å². The molecule has 1 heterocycles. The highest BCUT2D eigenvalue weighted by Gasteiger charge is 2.44. The van der Waals surface area contributed by atoms with Gasteiger partial charge in [0.05, 0.1) is 17.5 Å². The Morgan fingerprint density at radius 1 is 1.38 bits per heavy atom. The summed E-state index contributed by atoms with van der Waals surface area (Å²) in [6, 6.07) is 1.07. The number of alkyl halides is 2. The van der Waals surface area contributed by atoms with Crippen LogP contribution in [0, 0.1) is 5.82 Å². The predicted molar refractivity (Wildman–Crippen MR) is 68.9 cm³/mol. The lowest BCUT2D eigenvalue weighted by Gasteiger charge is -2.35. The minimum Gasteiger partial charge on any atom is -0.446 e. The van der Waals surface area contributed by atoms with E-state index < -0.39 is 36.4 Å². The second kappa shape index (κ2) is 5.63. The fraction of sp³-hybridized carbons (Fsp3) is 0.385. The minimum atomic E-state index is -3.14. The molecule has 0 saturated carbocycles. The third-order valence-corrected chi connectivity index (χ3v) is 2.80. The number of hydrogen-bond donors (Lipinski definition) is 1. The van der Waals surface area contributed by atoms with Crippen LogP contribution in [0.1, 0.15) is 13.8 Å². The molecule has 2 rings (SSSR count). The molecule has 0 fully saturated rings. The van der Waals surface area contributed by atoms with Crippen LogP contribution in [0.15, 0.2) is 18.2 Å². The molecule has 8 heteroatoms. The maximum absolute atomic E-state index is 13.3. The molecule has 0 saturated heterocycles. The van der Waals surface area contributed by atoms with Gasteiger partial charge >= 0.3 is 6.09 Å². The summed E-state index contributed by atoms with van der Waals surface area (Å²) in [7, 11) is 0. The van der Waals surface area contributed by atoms with Crippen LogP contribution in [0.5, 0.6) is 0 Å². The summed E-state index contributed by atoms with van der Waals surface area (Å²) in [6.45, 7) is 3.07. The summed E-state index contributed by atoms with van der Waals surface area (Å²) in [4.78, 5) is 24.2. The van der Waals surface area contributed by atoms with Crippen molar-refractivity contribution in [2.75, 3.05) is 10.2 Å². The summed E-state index contributed by atoms with van der Waals surface area (Å²) in [6.07, 6.45) is -4.84. The average Bonchev–Trinajstić information content (AvgIpc) is 2.36. The van der Waals surface area contributed by atoms with E-state index in [4.69, 9.17) is 4.74 Å². The van der Waals surface area contributed by atoms with Gasteiger partial charge in [-0.05, 0) is 32.0 Å². The number of nitrogens with zero attached hydrogens (tertiary/aromatic N) is 1. The second-order valence-electron chi connectivity index (χ2n) is 4.73. The molecule has 1 aromatic rings. The van der Waals surface area contributed by atoms with Crippen LogP contribution in [0.2, 0.25) is 0 Å². The SMILES string of the molecule is CC(C)OC(=O)N1c2cc(F)ccc2NC(=O)C1C(F)F. The Labute approximate surface area is 118 Å². The van der Waals surface area contributed by atoms with Gasteiger partial charge in [0.15, 0.2) is 6.04 Å².